The van der Waals surface area contributed by atoms with E-state index in [0.29, 0.717) is 4.88 Å². The molecule has 0 spiro atoms. The van der Waals surface area contributed by atoms with Crippen molar-refractivity contribution in [2.45, 2.75) is 52.4 Å². The van der Waals surface area contributed by atoms with Crippen molar-refractivity contribution < 1.29 is 9.90 Å². The Kier molecular flexibility index (Phi) is 4.93. The molecule has 90 valence electrons. The lowest BCUT2D eigenvalue weighted by molar-refractivity contribution is 0.0700. The summed E-state index contributed by atoms with van der Waals surface area (Å²) in [7, 11) is 0. The third kappa shape index (κ3) is 2.82. The van der Waals surface area contributed by atoms with Crippen LogP contribution in [-0.4, -0.2) is 16.1 Å². The van der Waals surface area contributed by atoms with Crippen molar-refractivity contribution in [2.24, 2.45) is 0 Å². The zero-order valence-electron chi connectivity index (χ0n) is 10.1. The Morgan fingerprint density at radius 3 is 2.44 bits per heavy atom. The van der Waals surface area contributed by atoms with E-state index in [1.165, 1.54) is 11.3 Å². The van der Waals surface area contributed by atoms with Crippen LogP contribution in [0.4, 0.5) is 0 Å². The maximum absolute atomic E-state index is 11.1. The highest BCUT2D eigenvalue weighted by atomic mass is 32.1. The predicted molar refractivity (Wildman–Crippen MR) is 66.4 cm³/mol. The van der Waals surface area contributed by atoms with E-state index in [4.69, 9.17) is 5.11 Å². The average Bonchev–Trinajstić information content (AvgIpc) is 2.65. The number of nitrogens with zero attached hydrogens (tertiary/aromatic N) is 1. The zero-order chi connectivity index (χ0) is 12.1. The first-order chi connectivity index (χ1) is 7.63. The van der Waals surface area contributed by atoms with Gasteiger partial charge < -0.3 is 5.11 Å². The number of thiazole rings is 1. The minimum atomic E-state index is -0.832. The largest absolute Gasteiger partial charge is 0.477 e. The Morgan fingerprint density at radius 1 is 1.38 bits per heavy atom. The average molecular weight is 241 g/mol. The quantitative estimate of drug-likeness (QED) is 0.826. The van der Waals surface area contributed by atoms with Crippen molar-refractivity contribution >= 4 is 17.3 Å². The summed E-state index contributed by atoms with van der Waals surface area (Å²) in [6.07, 6.45) is 3.79. The molecule has 1 heterocycles. The van der Waals surface area contributed by atoms with E-state index in [2.05, 4.69) is 25.8 Å². The van der Waals surface area contributed by atoms with Crippen LogP contribution in [0.15, 0.2) is 0 Å². The van der Waals surface area contributed by atoms with Crippen molar-refractivity contribution in [3.05, 3.63) is 15.6 Å². The molecule has 1 N–H and O–H groups in total. The molecule has 0 saturated carbocycles. The molecule has 1 rings (SSSR count). The van der Waals surface area contributed by atoms with Crippen molar-refractivity contribution in [3.8, 4) is 0 Å². The number of hydrogen-bond acceptors (Lipinski definition) is 3. The van der Waals surface area contributed by atoms with Gasteiger partial charge in [0.1, 0.15) is 4.88 Å². The topological polar surface area (TPSA) is 50.2 Å². The first-order valence-corrected chi connectivity index (χ1v) is 6.68. The summed E-state index contributed by atoms with van der Waals surface area (Å²) in [6, 6.07) is 0. The van der Waals surface area contributed by atoms with E-state index in [0.717, 1.165) is 36.4 Å². The number of aromatic nitrogens is 1. The van der Waals surface area contributed by atoms with Gasteiger partial charge in [-0.3, -0.25) is 0 Å². The molecule has 4 heteroatoms. The summed E-state index contributed by atoms with van der Waals surface area (Å²) >= 11 is 1.34. The lowest BCUT2D eigenvalue weighted by Gasteiger charge is -2.09. The van der Waals surface area contributed by atoms with Crippen molar-refractivity contribution in [2.75, 3.05) is 0 Å². The highest BCUT2D eigenvalue weighted by molar-refractivity contribution is 7.13. The van der Waals surface area contributed by atoms with Crippen LogP contribution < -0.4 is 0 Å². The molecule has 0 aromatic carbocycles. The molecule has 1 aromatic rings. The molecular formula is C12H19NO2S. The third-order valence-corrected chi connectivity index (χ3v) is 3.85. The Labute approximate surface area is 101 Å². The number of rotatable bonds is 6. The summed E-state index contributed by atoms with van der Waals surface area (Å²) in [6.45, 7) is 6.25. The molecule has 1 aromatic heterocycles. The van der Waals surface area contributed by atoms with E-state index < -0.39 is 5.97 Å². The van der Waals surface area contributed by atoms with Crippen LogP contribution in [0.2, 0.25) is 0 Å². The van der Waals surface area contributed by atoms with Gasteiger partial charge in [0.05, 0.1) is 10.7 Å². The highest BCUT2D eigenvalue weighted by Gasteiger charge is 2.22. The smallest absolute Gasteiger partial charge is 0.347 e. The van der Waals surface area contributed by atoms with E-state index in [1.807, 2.05) is 0 Å². The van der Waals surface area contributed by atoms with E-state index in [-0.39, 0.29) is 5.92 Å². The first kappa shape index (κ1) is 13.2. The molecule has 16 heavy (non-hydrogen) atoms. The van der Waals surface area contributed by atoms with Gasteiger partial charge in [0.2, 0.25) is 0 Å². The van der Waals surface area contributed by atoms with E-state index >= 15 is 0 Å². The fourth-order valence-corrected chi connectivity index (χ4v) is 2.89. The molecule has 0 bridgehead atoms. The third-order valence-electron chi connectivity index (χ3n) is 2.73. The van der Waals surface area contributed by atoms with Crippen LogP contribution in [0, 0.1) is 0 Å². The fourth-order valence-electron chi connectivity index (χ4n) is 1.80. The maximum atomic E-state index is 11.1. The maximum Gasteiger partial charge on any atom is 0.347 e. The number of hydrogen-bond donors (Lipinski definition) is 1. The summed E-state index contributed by atoms with van der Waals surface area (Å²) in [4.78, 5) is 16.1. The first-order valence-electron chi connectivity index (χ1n) is 5.86. The second-order valence-corrected chi connectivity index (χ2v) is 4.97. The van der Waals surface area contributed by atoms with Crippen LogP contribution in [0.1, 0.15) is 66.3 Å². The van der Waals surface area contributed by atoms with Gasteiger partial charge >= 0.3 is 5.97 Å². The Morgan fingerprint density at radius 2 is 2.00 bits per heavy atom. The summed E-state index contributed by atoms with van der Waals surface area (Å²) in [5.74, 6) is -0.547. The van der Waals surface area contributed by atoms with E-state index in [1.54, 1.807) is 0 Å². The van der Waals surface area contributed by atoms with Gasteiger partial charge in [0.25, 0.3) is 0 Å². The number of aryl methyl sites for hydroxylation is 1. The zero-order valence-corrected chi connectivity index (χ0v) is 10.9. The SMILES string of the molecule is CCCc1nc(C(CC)CC)c(C(=O)O)s1. The summed E-state index contributed by atoms with van der Waals surface area (Å²) in [5.41, 5.74) is 0.797. The Bertz CT molecular complexity index is 356. The molecule has 0 aliphatic carbocycles. The monoisotopic (exact) mass is 241 g/mol. The van der Waals surface area contributed by atoms with Crippen LogP contribution in [0.5, 0.6) is 0 Å². The second-order valence-electron chi connectivity index (χ2n) is 3.89. The van der Waals surface area contributed by atoms with Crippen molar-refractivity contribution in [1.29, 1.82) is 0 Å². The second kappa shape index (κ2) is 5.99. The van der Waals surface area contributed by atoms with Crippen LogP contribution in [0.25, 0.3) is 0 Å². The van der Waals surface area contributed by atoms with Crippen LogP contribution in [0.3, 0.4) is 0 Å². The number of aromatic carboxylic acids is 1. The fraction of sp³-hybridized carbons (Fsp3) is 0.667. The molecule has 0 atom stereocenters. The Hall–Kier alpha value is -0.900. The van der Waals surface area contributed by atoms with Gasteiger partial charge in [-0.1, -0.05) is 20.8 Å². The van der Waals surface area contributed by atoms with Crippen molar-refractivity contribution in [3.63, 3.8) is 0 Å². The van der Waals surface area contributed by atoms with E-state index in [9.17, 15) is 4.79 Å². The number of carboxylic acids is 1. The van der Waals surface area contributed by atoms with Gasteiger partial charge in [0, 0.05) is 5.92 Å². The van der Waals surface area contributed by atoms with Crippen LogP contribution >= 0.6 is 11.3 Å². The van der Waals surface area contributed by atoms with Crippen LogP contribution in [-0.2, 0) is 6.42 Å². The number of carbonyl (C=O) groups is 1. The normalized spacial score (nSPS) is 11.0. The molecule has 3 nitrogen and oxygen atoms in total. The summed E-state index contributed by atoms with van der Waals surface area (Å²) in [5, 5.41) is 10.1. The standard InChI is InChI=1S/C12H19NO2S/c1-4-7-9-13-10(8(5-2)6-3)11(16-9)12(14)15/h8H,4-7H2,1-3H3,(H,14,15). The lowest BCUT2D eigenvalue weighted by Crippen LogP contribution is -2.04. The number of carboxylic acid groups (broad SMARTS) is 1. The molecular weight excluding hydrogens is 222 g/mol. The predicted octanol–water partition coefficient (Wildman–Crippen LogP) is 3.70. The highest BCUT2D eigenvalue weighted by Crippen LogP contribution is 2.30. The molecule has 0 aliphatic rings. The lowest BCUT2D eigenvalue weighted by atomic mass is 9.98. The molecule has 0 radical (unpaired) electrons. The molecule has 0 unspecified atom stereocenters. The molecule has 0 fully saturated rings. The Balaban J connectivity index is 3.08. The van der Waals surface area contributed by atoms with Gasteiger partial charge in [-0.15, -0.1) is 11.3 Å². The molecule has 0 amide bonds. The molecule has 0 saturated heterocycles. The molecule has 0 aliphatic heterocycles. The van der Waals surface area contributed by atoms with Gasteiger partial charge in [-0.2, -0.15) is 0 Å². The minimum Gasteiger partial charge on any atom is -0.477 e. The van der Waals surface area contributed by atoms with Gasteiger partial charge in [-0.25, -0.2) is 9.78 Å². The van der Waals surface area contributed by atoms with Crippen molar-refractivity contribution in [1.82, 2.24) is 4.98 Å². The minimum absolute atomic E-state index is 0.285. The van der Waals surface area contributed by atoms with Gasteiger partial charge in [0.15, 0.2) is 0 Å². The summed E-state index contributed by atoms with van der Waals surface area (Å²) < 4.78 is 0. The van der Waals surface area contributed by atoms with Gasteiger partial charge in [-0.05, 0) is 25.7 Å².